The van der Waals surface area contributed by atoms with E-state index >= 15 is 0 Å². The minimum atomic E-state index is -3.62. The number of hydrogen-bond donors (Lipinski definition) is 1. The molecule has 0 bridgehead atoms. The van der Waals surface area contributed by atoms with Crippen molar-refractivity contribution in [2.75, 3.05) is 11.9 Å². The smallest absolute Gasteiger partial charge is 0.257 e. The average molecular weight is 373 g/mol. The van der Waals surface area contributed by atoms with E-state index in [1.54, 1.807) is 47.8 Å². The van der Waals surface area contributed by atoms with Gasteiger partial charge in [-0.2, -0.15) is 4.31 Å². The maximum Gasteiger partial charge on any atom is 0.257 e. The Morgan fingerprint density at radius 3 is 2.73 bits per heavy atom. The van der Waals surface area contributed by atoms with Gasteiger partial charge in [-0.15, -0.1) is 0 Å². The molecule has 0 radical (unpaired) electrons. The molecule has 1 aliphatic rings. The van der Waals surface area contributed by atoms with Gasteiger partial charge in [0.25, 0.3) is 5.91 Å². The van der Waals surface area contributed by atoms with Gasteiger partial charge < -0.3 is 5.32 Å². The third-order valence-corrected chi connectivity index (χ3v) is 6.72. The Morgan fingerprint density at radius 1 is 1.23 bits per heavy atom. The Hall–Kier alpha value is -2.25. The van der Waals surface area contributed by atoms with Crippen molar-refractivity contribution in [2.24, 2.45) is 0 Å². The minimum absolute atomic E-state index is 0.0270. The van der Waals surface area contributed by atoms with E-state index in [0.29, 0.717) is 23.5 Å². The lowest BCUT2D eigenvalue weighted by molar-refractivity contribution is 0.102. The van der Waals surface area contributed by atoms with Gasteiger partial charge in [0, 0.05) is 24.3 Å². The molecule has 0 saturated carbocycles. The molecule has 6 nitrogen and oxygen atoms in total. The van der Waals surface area contributed by atoms with E-state index in [2.05, 4.69) is 10.3 Å². The molecule has 1 amide bonds. The summed E-state index contributed by atoms with van der Waals surface area (Å²) in [6.07, 6.45) is 4.35. The molecule has 1 atom stereocenters. The number of carbonyl (C=O) groups is 1. The van der Waals surface area contributed by atoms with Crippen LogP contribution >= 0.6 is 0 Å². The van der Waals surface area contributed by atoms with Crippen LogP contribution < -0.4 is 5.32 Å². The maximum absolute atomic E-state index is 13.0. The lowest BCUT2D eigenvalue weighted by Crippen LogP contribution is -2.42. The van der Waals surface area contributed by atoms with Crippen LogP contribution in [0, 0.1) is 6.92 Å². The molecule has 0 aliphatic carbocycles. The lowest BCUT2D eigenvalue weighted by Gasteiger charge is -2.32. The van der Waals surface area contributed by atoms with Crippen LogP contribution in [0.1, 0.15) is 42.1 Å². The molecule has 2 heterocycles. The van der Waals surface area contributed by atoms with Crippen LogP contribution in [0.4, 0.5) is 5.82 Å². The highest BCUT2D eigenvalue weighted by Crippen LogP contribution is 2.26. The highest BCUT2D eigenvalue weighted by Gasteiger charge is 2.31. The highest BCUT2D eigenvalue weighted by molar-refractivity contribution is 7.89. The number of nitrogens with zero attached hydrogens (tertiary/aromatic N) is 2. The standard InChI is InChI=1S/C19H23N3O3S/c1-14-9-10-16(26(24,25)22-12-6-4-7-15(22)2)13-17(14)19(23)21-18-8-3-5-11-20-18/h3,5,8-11,13,15H,4,6-7,12H2,1-2H3,(H,20,21,23). The highest BCUT2D eigenvalue weighted by atomic mass is 32.2. The van der Waals surface area contributed by atoms with Gasteiger partial charge in [-0.25, -0.2) is 13.4 Å². The molecule has 0 spiro atoms. The number of sulfonamides is 1. The van der Waals surface area contributed by atoms with Crippen LogP contribution in [0.25, 0.3) is 0 Å². The maximum atomic E-state index is 13.0. The van der Waals surface area contributed by atoms with Crippen LogP contribution in [0.5, 0.6) is 0 Å². The van der Waals surface area contributed by atoms with Gasteiger partial charge >= 0.3 is 0 Å². The summed E-state index contributed by atoms with van der Waals surface area (Å²) in [5.41, 5.74) is 1.05. The minimum Gasteiger partial charge on any atom is -0.307 e. The molecule has 1 saturated heterocycles. The predicted octanol–water partition coefficient (Wildman–Crippen LogP) is 3.21. The van der Waals surface area contributed by atoms with Gasteiger partial charge in [-0.3, -0.25) is 4.79 Å². The summed E-state index contributed by atoms with van der Waals surface area (Å²) in [5.74, 6) is 0.0553. The number of nitrogens with one attached hydrogen (secondary N) is 1. The van der Waals surface area contributed by atoms with E-state index in [-0.39, 0.29) is 16.8 Å². The summed E-state index contributed by atoms with van der Waals surface area (Å²) in [5, 5.41) is 2.71. The monoisotopic (exact) mass is 373 g/mol. The number of benzene rings is 1. The summed E-state index contributed by atoms with van der Waals surface area (Å²) < 4.78 is 27.6. The molecule has 1 aliphatic heterocycles. The first kappa shape index (κ1) is 18.5. The Bertz CT molecular complexity index is 898. The fourth-order valence-corrected chi connectivity index (χ4v) is 4.92. The molecule has 1 unspecified atom stereocenters. The first-order valence-electron chi connectivity index (χ1n) is 8.74. The number of carbonyl (C=O) groups excluding carboxylic acids is 1. The van der Waals surface area contributed by atoms with Crippen molar-refractivity contribution in [1.29, 1.82) is 0 Å². The van der Waals surface area contributed by atoms with Crippen molar-refractivity contribution in [3.8, 4) is 0 Å². The molecule has 1 aromatic heterocycles. The molecule has 1 aromatic carbocycles. The summed E-state index contributed by atoms with van der Waals surface area (Å²) in [7, 11) is -3.62. The third-order valence-electron chi connectivity index (χ3n) is 4.71. The predicted molar refractivity (Wildman–Crippen MR) is 101 cm³/mol. The lowest BCUT2D eigenvalue weighted by atomic mass is 10.1. The van der Waals surface area contributed by atoms with Gasteiger partial charge in [0.1, 0.15) is 5.82 Å². The summed E-state index contributed by atoms with van der Waals surface area (Å²) in [6.45, 7) is 4.24. The Labute approximate surface area is 154 Å². The van der Waals surface area contributed by atoms with Crippen molar-refractivity contribution >= 4 is 21.7 Å². The third kappa shape index (κ3) is 3.78. The zero-order valence-electron chi connectivity index (χ0n) is 15.0. The van der Waals surface area contributed by atoms with Crippen molar-refractivity contribution < 1.29 is 13.2 Å². The van der Waals surface area contributed by atoms with E-state index in [9.17, 15) is 13.2 Å². The number of aromatic nitrogens is 1. The van der Waals surface area contributed by atoms with E-state index < -0.39 is 10.0 Å². The Morgan fingerprint density at radius 2 is 2.04 bits per heavy atom. The Balaban J connectivity index is 1.91. The summed E-state index contributed by atoms with van der Waals surface area (Å²) in [4.78, 5) is 16.8. The van der Waals surface area contributed by atoms with E-state index in [1.807, 2.05) is 6.92 Å². The molecule has 3 rings (SSSR count). The number of rotatable bonds is 4. The van der Waals surface area contributed by atoms with Gasteiger partial charge in [-0.1, -0.05) is 18.6 Å². The summed E-state index contributed by atoms with van der Waals surface area (Å²) in [6, 6.07) is 9.90. The molecule has 7 heteroatoms. The van der Waals surface area contributed by atoms with Crippen molar-refractivity contribution in [2.45, 2.75) is 44.0 Å². The van der Waals surface area contributed by atoms with Gasteiger partial charge in [0.05, 0.1) is 4.90 Å². The number of piperidine rings is 1. The van der Waals surface area contributed by atoms with E-state index in [1.165, 1.54) is 6.07 Å². The number of amides is 1. The molecule has 26 heavy (non-hydrogen) atoms. The van der Waals surface area contributed by atoms with Gasteiger partial charge in [-0.05, 0) is 56.5 Å². The first-order chi connectivity index (χ1) is 12.4. The van der Waals surface area contributed by atoms with Crippen LogP contribution in [0.3, 0.4) is 0 Å². The molecular weight excluding hydrogens is 350 g/mol. The van der Waals surface area contributed by atoms with Gasteiger partial charge in [0.15, 0.2) is 0 Å². The van der Waals surface area contributed by atoms with Crippen LogP contribution in [0.15, 0.2) is 47.5 Å². The number of anilines is 1. The zero-order chi connectivity index (χ0) is 18.7. The number of hydrogen-bond acceptors (Lipinski definition) is 4. The summed E-state index contributed by atoms with van der Waals surface area (Å²) >= 11 is 0. The van der Waals surface area contributed by atoms with Crippen molar-refractivity contribution in [1.82, 2.24) is 9.29 Å². The molecule has 2 aromatic rings. The normalized spacial score (nSPS) is 18.5. The van der Waals surface area contributed by atoms with Crippen molar-refractivity contribution in [3.63, 3.8) is 0 Å². The fraction of sp³-hybridized carbons (Fsp3) is 0.368. The quantitative estimate of drug-likeness (QED) is 0.892. The first-order valence-corrected chi connectivity index (χ1v) is 10.2. The largest absolute Gasteiger partial charge is 0.307 e. The fourth-order valence-electron chi connectivity index (χ4n) is 3.19. The molecule has 1 N–H and O–H groups in total. The zero-order valence-corrected chi connectivity index (χ0v) is 15.8. The Kier molecular flexibility index (Phi) is 5.38. The second-order valence-corrected chi connectivity index (χ2v) is 8.50. The average Bonchev–Trinajstić information content (AvgIpc) is 2.63. The van der Waals surface area contributed by atoms with Crippen LogP contribution in [-0.4, -0.2) is 36.2 Å². The number of pyridine rings is 1. The van der Waals surface area contributed by atoms with E-state index in [0.717, 1.165) is 19.3 Å². The molecule has 138 valence electrons. The topological polar surface area (TPSA) is 79.4 Å². The van der Waals surface area contributed by atoms with E-state index in [4.69, 9.17) is 0 Å². The second kappa shape index (κ2) is 7.55. The van der Waals surface area contributed by atoms with Gasteiger partial charge in [0.2, 0.25) is 10.0 Å². The van der Waals surface area contributed by atoms with Crippen molar-refractivity contribution in [3.05, 3.63) is 53.7 Å². The molecular formula is C19H23N3O3S. The second-order valence-electron chi connectivity index (χ2n) is 6.61. The SMILES string of the molecule is Cc1ccc(S(=O)(=O)N2CCCCC2C)cc1C(=O)Nc1ccccn1. The van der Waals surface area contributed by atoms with Crippen LogP contribution in [-0.2, 0) is 10.0 Å². The molecule has 1 fully saturated rings. The number of aryl methyl sites for hydroxylation is 1. The van der Waals surface area contributed by atoms with Crippen LogP contribution in [0.2, 0.25) is 0 Å².